The van der Waals surface area contributed by atoms with E-state index in [1.165, 1.54) is 10.6 Å². The molecule has 1 heterocycles. The van der Waals surface area contributed by atoms with Crippen LogP contribution in [0.5, 0.6) is 0 Å². The molecule has 1 amide bonds. The molecule has 4 rings (SSSR count). The van der Waals surface area contributed by atoms with Crippen molar-refractivity contribution in [1.29, 1.82) is 0 Å². The third-order valence-electron chi connectivity index (χ3n) is 7.70. The second-order valence-electron chi connectivity index (χ2n) is 9.85. The van der Waals surface area contributed by atoms with Crippen molar-refractivity contribution >= 4 is 17.2 Å². The molecule has 0 bridgehead atoms. The van der Waals surface area contributed by atoms with Crippen LogP contribution >= 0.6 is 11.3 Å². The Morgan fingerprint density at radius 3 is 2.77 bits per heavy atom. The summed E-state index contributed by atoms with van der Waals surface area (Å²) >= 11 is 1.81. The van der Waals surface area contributed by atoms with Crippen LogP contribution in [0.4, 0.5) is 0 Å². The summed E-state index contributed by atoms with van der Waals surface area (Å²) in [4.78, 5) is 21.2. The molecule has 0 saturated heterocycles. The van der Waals surface area contributed by atoms with Crippen molar-refractivity contribution in [3.05, 3.63) is 51.5 Å². The van der Waals surface area contributed by atoms with Gasteiger partial charge in [0.2, 0.25) is 5.91 Å². The van der Waals surface area contributed by atoms with Crippen LogP contribution in [0.1, 0.15) is 60.7 Å². The predicted octanol–water partition coefficient (Wildman–Crippen LogP) is 4.80. The molecule has 0 radical (unpaired) electrons. The molecule has 0 aliphatic heterocycles. The average molecular weight is 427 g/mol. The lowest BCUT2D eigenvalue weighted by atomic mass is 9.53. The highest BCUT2D eigenvalue weighted by Gasteiger charge is 2.53. The summed E-state index contributed by atoms with van der Waals surface area (Å²) in [6.07, 6.45) is 2.49. The number of amides is 1. The summed E-state index contributed by atoms with van der Waals surface area (Å²) in [7, 11) is 1.87. The van der Waals surface area contributed by atoms with Gasteiger partial charge in [0, 0.05) is 30.3 Å². The van der Waals surface area contributed by atoms with Gasteiger partial charge in [0.15, 0.2) is 0 Å². The van der Waals surface area contributed by atoms with E-state index >= 15 is 0 Å². The number of aryl methyl sites for hydroxylation is 1. The van der Waals surface area contributed by atoms with Crippen molar-refractivity contribution in [2.24, 2.45) is 23.2 Å². The first-order chi connectivity index (χ1) is 14.2. The Morgan fingerprint density at radius 2 is 2.07 bits per heavy atom. The molecule has 1 aromatic heterocycles. The van der Waals surface area contributed by atoms with E-state index in [0.717, 1.165) is 29.8 Å². The zero-order valence-electron chi connectivity index (χ0n) is 18.8. The molecule has 1 N–H and O–H groups in total. The number of carbonyl (C=O) groups is 1. The number of fused-ring (bicyclic) bond motifs is 2. The van der Waals surface area contributed by atoms with E-state index < -0.39 is 6.10 Å². The molecule has 2 aliphatic carbocycles. The second kappa shape index (κ2) is 8.08. The first kappa shape index (κ1) is 21.5. The van der Waals surface area contributed by atoms with Crippen LogP contribution in [0.3, 0.4) is 0 Å². The average Bonchev–Trinajstić information content (AvgIpc) is 3.07. The molecule has 5 heteroatoms. The van der Waals surface area contributed by atoms with E-state index in [-0.39, 0.29) is 35.0 Å². The number of nitrogens with zero attached hydrogens (tertiary/aromatic N) is 2. The van der Waals surface area contributed by atoms with Gasteiger partial charge in [-0.3, -0.25) is 4.79 Å². The molecule has 1 aromatic carbocycles. The summed E-state index contributed by atoms with van der Waals surface area (Å²) in [6, 6.07) is 10.1. The molecule has 0 spiro atoms. The van der Waals surface area contributed by atoms with Crippen LogP contribution in [0.15, 0.2) is 30.3 Å². The summed E-state index contributed by atoms with van der Waals surface area (Å²) in [6.45, 7) is 9.24. The van der Waals surface area contributed by atoms with Crippen molar-refractivity contribution in [2.75, 3.05) is 7.05 Å². The number of aliphatic hydroxyl groups is 1. The van der Waals surface area contributed by atoms with Gasteiger partial charge < -0.3 is 10.0 Å². The van der Waals surface area contributed by atoms with E-state index in [1.807, 2.05) is 60.5 Å². The third-order valence-corrected chi connectivity index (χ3v) is 8.69. The smallest absolute Gasteiger partial charge is 0.225 e. The van der Waals surface area contributed by atoms with Gasteiger partial charge in [-0.25, -0.2) is 4.98 Å². The van der Waals surface area contributed by atoms with Gasteiger partial charge in [-0.05, 0) is 49.0 Å². The molecular formula is C25H34N2O2S. The van der Waals surface area contributed by atoms with E-state index in [1.54, 1.807) is 0 Å². The van der Waals surface area contributed by atoms with Crippen molar-refractivity contribution in [3.8, 4) is 0 Å². The lowest BCUT2D eigenvalue weighted by Crippen LogP contribution is -2.53. The number of aromatic nitrogens is 1. The number of carbonyl (C=O) groups excluding carboxylic acids is 1. The predicted molar refractivity (Wildman–Crippen MR) is 121 cm³/mol. The minimum absolute atomic E-state index is 0.00229. The van der Waals surface area contributed by atoms with Crippen molar-refractivity contribution in [3.63, 3.8) is 0 Å². The standard InChI is InChI=1S/C25H34N2O2S/c1-15(24(29)27(5)14-18-9-7-6-8-10-18)19-11-12-25(4)13-20-22(26-17(3)30-20)16(2)21(25)23(19)28/h6-10,15-16,19,21,23,28H,11-14H2,1-5H3/t15-,16-,19+,21+,23-,25+/m0/s1. The zero-order valence-corrected chi connectivity index (χ0v) is 19.6. The number of aliphatic hydroxyl groups excluding tert-OH is 1. The van der Waals surface area contributed by atoms with Crippen LogP contribution in [0.25, 0.3) is 0 Å². The van der Waals surface area contributed by atoms with Crippen LogP contribution < -0.4 is 0 Å². The van der Waals surface area contributed by atoms with E-state index in [0.29, 0.717) is 6.54 Å². The Labute approximate surface area is 184 Å². The van der Waals surface area contributed by atoms with Crippen molar-refractivity contribution in [1.82, 2.24) is 9.88 Å². The van der Waals surface area contributed by atoms with Crippen molar-refractivity contribution < 1.29 is 9.90 Å². The molecule has 1 fully saturated rings. The molecule has 2 aliphatic rings. The fourth-order valence-corrected chi connectivity index (χ4v) is 7.37. The van der Waals surface area contributed by atoms with Gasteiger partial charge in [0.1, 0.15) is 0 Å². The monoisotopic (exact) mass is 426 g/mol. The normalized spacial score (nSPS) is 31.5. The maximum absolute atomic E-state index is 13.2. The Balaban J connectivity index is 1.51. The first-order valence-electron chi connectivity index (χ1n) is 11.1. The highest BCUT2D eigenvalue weighted by atomic mass is 32.1. The van der Waals surface area contributed by atoms with Gasteiger partial charge in [-0.15, -0.1) is 11.3 Å². The van der Waals surface area contributed by atoms with E-state index in [2.05, 4.69) is 20.8 Å². The van der Waals surface area contributed by atoms with Crippen LogP contribution in [0, 0.1) is 30.1 Å². The second-order valence-corrected chi connectivity index (χ2v) is 11.1. The molecule has 6 atom stereocenters. The van der Waals surface area contributed by atoms with Gasteiger partial charge in [-0.1, -0.05) is 51.1 Å². The van der Waals surface area contributed by atoms with Crippen LogP contribution in [-0.4, -0.2) is 34.0 Å². The molecule has 0 unspecified atom stereocenters. The molecule has 1 saturated carbocycles. The topological polar surface area (TPSA) is 53.4 Å². The fourth-order valence-electron chi connectivity index (χ4n) is 6.13. The quantitative estimate of drug-likeness (QED) is 0.764. The lowest BCUT2D eigenvalue weighted by Gasteiger charge is -2.53. The van der Waals surface area contributed by atoms with Gasteiger partial charge in [0.05, 0.1) is 16.8 Å². The number of hydrogen-bond acceptors (Lipinski definition) is 4. The summed E-state index contributed by atoms with van der Waals surface area (Å²) < 4.78 is 0. The third kappa shape index (κ3) is 3.71. The van der Waals surface area contributed by atoms with Gasteiger partial charge in [-0.2, -0.15) is 0 Å². The fraction of sp³-hybridized carbons (Fsp3) is 0.600. The minimum atomic E-state index is -0.474. The Hall–Kier alpha value is -1.72. The molecule has 4 nitrogen and oxygen atoms in total. The Bertz CT molecular complexity index is 911. The minimum Gasteiger partial charge on any atom is -0.392 e. The molecule has 30 heavy (non-hydrogen) atoms. The Kier molecular flexibility index (Phi) is 5.80. The maximum atomic E-state index is 13.2. The van der Waals surface area contributed by atoms with Gasteiger partial charge >= 0.3 is 0 Å². The van der Waals surface area contributed by atoms with E-state index in [4.69, 9.17) is 4.98 Å². The summed E-state index contributed by atoms with van der Waals surface area (Å²) in [5, 5.41) is 12.6. The largest absolute Gasteiger partial charge is 0.392 e. The lowest BCUT2D eigenvalue weighted by molar-refractivity contribution is -0.144. The molecule has 162 valence electrons. The first-order valence-corrected chi connectivity index (χ1v) is 12.0. The SMILES string of the molecule is Cc1nc2c(s1)C[C@@]1(C)CC[C@H]([C@H](C)C(=O)N(C)Cc3ccccc3)[C@H](O)[C@H]1[C@@H]2C. The zero-order chi connectivity index (χ0) is 21.6. The van der Waals surface area contributed by atoms with E-state index in [9.17, 15) is 9.90 Å². The number of hydrogen-bond donors (Lipinski definition) is 1. The maximum Gasteiger partial charge on any atom is 0.225 e. The van der Waals surface area contributed by atoms with Crippen molar-refractivity contribution in [2.45, 2.75) is 65.5 Å². The summed E-state index contributed by atoms with van der Waals surface area (Å²) in [5.74, 6) is 0.313. The number of thiazole rings is 1. The summed E-state index contributed by atoms with van der Waals surface area (Å²) in [5.41, 5.74) is 2.39. The molecular weight excluding hydrogens is 392 g/mol. The highest BCUT2D eigenvalue weighted by Crippen LogP contribution is 2.57. The Morgan fingerprint density at radius 1 is 1.37 bits per heavy atom. The van der Waals surface area contributed by atoms with Gasteiger partial charge in [0.25, 0.3) is 0 Å². The van der Waals surface area contributed by atoms with Crippen LogP contribution in [-0.2, 0) is 17.8 Å². The van der Waals surface area contributed by atoms with Crippen LogP contribution in [0.2, 0.25) is 0 Å². The number of rotatable bonds is 4. The highest BCUT2D eigenvalue weighted by molar-refractivity contribution is 7.11. The number of benzene rings is 1. The molecule has 2 aromatic rings.